The fraction of sp³-hybridized carbons (Fsp3) is 0.333. The van der Waals surface area contributed by atoms with Gasteiger partial charge in [-0.15, -0.1) is 0 Å². The van der Waals surface area contributed by atoms with Crippen molar-refractivity contribution in [1.29, 1.82) is 0 Å². The summed E-state index contributed by atoms with van der Waals surface area (Å²) in [7, 11) is 0. The van der Waals surface area contributed by atoms with Crippen molar-refractivity contribution in [2.24, 2.45) is 0 Å². The molecule has 4 heteroatoms. The molecule has 132 valence electrons. The van der Waals surface area contributed by atoms with E-state index in [4.69, 9.17) is 9.47 Å². The van der Waals surface area contributed by atoms with Gasteiger partial charge in [0.2, 0.25) is 0 Å². The van der Waals surface area contributed by atoms with Crippen LogP contribution >= 0.6 is 0 Å². The summed E-state index contributed by atoms with van der Waals surface area (Å²) in [4.78, 5) is 23.3. The second-order valence-corrected chi connectivity index (χ2v) is 6.03. The van der Waals surface area contributed by atoms with E-state index in [0.29, 0.717) is 24.4 Å². The molecule has 0 aliphatic carbocycles. The molecule has 0 N–H and O–H groups in total. The summed E-state index contributed by atoms with van der Waals surface area (Å²) >= 11 is 0. The highest BCUT2D eigenvalue weighted by atomic mass is 16.5. The maximum Gasteiger partial charge on any atom is 0.338 e. The lowest BCUT2D eigenvalue weighted by atomic mass is 10.1. The number of ether oxygens (including phenoxy) is 2. The third-order valence-electron chi connectivity index (χ3n) is 3.84. The maximum atomic E-state index is 12.1. The van der Waals surface area contributed by atoms with Gasteiger partial charge in [0.05, 0.1) is 18.8 Å². The molecule has 0 saturated carbocycles. The Morgan fingerprint density at radius 2 is 1.52 bits per heavy atom. The molecule has 0 spiro atoms. The Hall–Kier alpha value is -2.62. The summed E-state index contributed by atoms with van der Waals surface area (Å²) in [6.07, 6.45) is 3.46. The van der Waals surface area contributed by atoms with Gasteiger partial charge in [-0.1, -0.05) is 36.9 Å². The molecule has 0 aromatic heterocycles. The number of hydrogen-bond acceptors (Lipinski definition) is 4. The van der Waals surface area contributed by atoms with E-state index in [1.807, 2.05) is 36.4 Å². The highest BCUT2D eigenvalue weighted by Gasteiger charge is 2.07. The molecule has 0 aliphatic rings. The number of rotatable bonds is 9. The van der Waals surface area contributed by atoms with Crippen molar-refractivity contribution in [3.8, 4) is 0 Å². The first-order valence-corrected chi connectivity index (χ1v) is 8.56. The van der Waals surface area contributed by atoms with Crippen LogP contribution in [0.1, 0.15) is 43.0 Å². The van der Waals surface area contributed by atoms with Crippen LogP contribution in [0.3, 0.4) is 0 Å². The van der Waals surface area contributed by atoms with Crippen molar-refractivity contribution < 1.29 is 19.1 Å². The van der Waals surface area contributed by atoms with E-state index >= 15 is 0 Å². The second kappa shape index (κ2) is 9.62. The monoisotopic (exact) mass is 340 g/mol. The number of esters is 2. The summed E-state index contributed by atoms with van der Waals surface area (Å²) in [5.74, 6) is -0.634. The van der Waals surface area contributed by atoms with Crippen molar-refractivity contribution in [3.63, 3.8) is 0 Å². The van der Waals surface area contributed by atoms with Gasteiger partial charge in [-0.25, -0.2) is 9.59 Å². The molecule has 2 rings (SSSR count). The second-order valence-electron chi connectivity index (χ2n) is 6.03. The molecule has 0 radical (unpaired) electrons. The molecular weight excluding hydrogens is 316 g/mol. The van der Waals surface area contributed by atoms with Crippen LogP contribution in [0.25, 0.3) is 10.8 Å². The summed E-state index contributed by atoms with van der Waals surface area (Å²) in [6, 6.07) is 13.5. The van der Waals surface area contributed by atoms with Crippen molar-refractivity contribution in [2.75, 3.05) is 13.2 Å². The number of carbonyl (C=O) groups is 2. The van der Waals surface area contributed by atoms with Crippen LogP contribution < -0.4 is 0 Å². The Balaban J connectivity index is 1.62. The molecule has 2 aromatic rings. The van der Waals surface area contributed by atoms with E-state index < -0.39 is 0 Å². The Labute approximate surface area is 148 Å². The smallest absolute Gasteiger partial charge is 0.338 e. The normalized spacial score (nSPS) is 10.4. The first-order chi connectivity index (χ1) is 12.1. The molecule has 2 aromatic carbocycles. The molecular formula is C21H24O4. The standard InChI is InChI=1S/C21H24O4/c1-16(2)20(22)24-13-7-3-4-8-14-25-21(23)19-12-11-17-9-5-6-10-18(17)15-19/h5-6,9-12,15H,1,3-4,7-8,13-14H2,2H3. The van der Waals surface area contributed by atoms with Crippen LogP contribution in [0, 0.1) is 0 Å². The van der Waals surface area contributed by atoms with Gasteiger partial charge >= 0.3 is 11.9 Å². The van der Waals surface area contributed by atoms with Crippen LogP contribution in [0.2, 0.25) is 0 Å². The summed E-state index contributed by atoms with van der Waals surface area (Å²) in [6.45, 7) is 5.97. The SMILES string of the molecule is C=C(C)C(=O)OCCCCCCOC(=O)c1ccc2ccccc2c1. The number of carbonyl (C=O) groups excluding carboxylic acids is 2. The minimum absolute atomic E-state index is 0.291. The Bertz CT molecular complexity index is 748. The van der Waals surface area contributed by atoms with Gasteiger partial charge in [0.1, 0.15) is 0 Å². The van der Waals surface area contributed by atoms with Crippen LogP contribution in [0.4, 0.5) is 0 Å². The zero-order valence-electron chi connectivity index (χ0n) is 14.6. The molecule has 0 heterocycles. The van der Waals surface area contributed by atoms with Crippen LogP contribution in [0.15, 0.2) is 54.6 Å². The highest BCUT2D eigenvalue weighted by molar-refractivity contribution is 5.95. The van der Waals surface area contributed by atoms with E-state index in [0.717, 1.165) is 36.5 Å². The fourth-order valence-electron chi connectivity index (χ4n) is 2.41. The topological polar surface area (TPSA) is 52.6 Å². The zero-order chi connectivity index (χ0) is 18.1. The largest absolute Gasteiger partial charge is 0.462 e. The first-order valence-electron chi connectivity index (χ1n) is 8.56. The van der Waals surface area contributed by atoms with Crippen molar-refractivity contribution in [2.45, 2.75) is 32.6 Å². The first kappa shape index (κ1) is 18.7. The van der Waals surface area contributed by atoms with Gasteiger partial charge in [0.25, 0.3) is 0 Å². The number of fused-ring (bicyclic) bond motifs is 1. The lowest BCUT2D eigenvalue weighted by Crippen LogP contribution is -2.07. The average molecular weight is 340 g/mol. The molecule has 0 saturated heterocycles. The van der Waals surface area contributed by atoms with Gasteiger partial charge in [-0.2, -0.15) is 0 Å². The predicted molar refractivity (Wildman–Crippen MR) is 98.5 cm³/mol. The molecule has 25 heavy (non-hydrogen) atoms. The maximum absolute atomic E-state index is 12.1. The van der Waals surface area contributed by atoms with Gasteiger partial charge in [0, 0.05) is 5.57 Å². The quantitative estimate of drug-likeness (QED) is 0.378. The molecule has 0 fully saturated rings. The Morgan fingerprint density at radius 1 is 0.880 bits per heavy atom. The Kier molecular flexibility index (Phi) is 7.20. The zero-order valence-corrected chi connectivity index (χ0v) is 14.6. The van der Waals surface area contributed by atoms with E-state index in [-0.39, 0.29) is 11.9 Å². The molecule has 0 unspecified atom stereocenters. The lowest BCUT2D eigenvalue weighted by molar-refractivity contribution is -0.139. The van der Waals surface area contributed by atoms with Gasteiger partial charge in [-0.3, -0.25) is 0 Å². The predicted octanol–water partition coefficient (Wildman–Crippen LogP) is 4.68. The number of hydrogen-bond donors (Lipinski definition) is 0. The molecule has 0 amide bonds. The molecule has 4 nitrogen and oxygen atoms in total. The van der Waals surface area contributed by atoms with Crippen molar-refractivity contribution >= 4 is 22.7 Å². The summed E-state index contributed by atoms with van der Waals surface area (Å²) < 4.78 is 10.3. The van der Waals surface area contributed by atoms with Crippen LogP contribution in [0.5, 0.6) is 0 Å². The van der Waals surface area contributed by atoms with E-state index in [2.05, 4.69) is 6.58 Å². The molecule has 0 aliphatic heterocycles. The highest BCUT2D eigenvalue weighted by Crippen LogP contribution is 2.16. The third kappa shape index (κ3) is 6.07. The third-order valence-corrected chi connectivity index (χ3v) is 3.84. The minimum Gasteiger partial charge on any atom is -0.462 e. The number of benzene rings is 2. The molecule has 0 atom stereocenters. The fourth-order valence-corrected chi connectivity index (χ4v) is 2.41. The van der Waals surface area contributed by atoms with E-state index in [9.17, 15) is 9.59 Å². The van der Waals surface area contributed by atoms with Gasteiger partial charge in [-0.05, 0) is 55.5 Å². The van der Waals surface area contributed by atoms with Crippen molar-refractivity contribution in [1.82, 2.24) is 0 Å². The minimum atomic E-state index is -0.343. The average Bonchev–Trinajstić information content (AvgIpc) is 2.62. The van der Waals surface area contributed by atoms with Gasteiger partial charge < -0.3 is 9.47 Å². The number of unbranched alkanes of at least 4 members (excludes halogenated alkanes) is 3. The Morgan fingerprint density at radius 3 is 2.20 bits per heavy atom. The lowest BCUT2D eigenvalue weighted by Gasteiger charge is -2.06. The molecule has 0 bridgehead atoms. The van der Waals surface area contributed by atoms with Crippen molar-refractivity contribution in [3.05, 3.63) is 60.2 Å². The van der Waals surface area contributed by atoms with Gasteiger partial charge in [0.15, 0.2) is 0 Å². The summed E-state index contributed by atoms with van der Waals surface area (Å²) in [5, 5.41) is 2.13. The van der Waals surface area contributed by atoms with Crippen LogP contribution in [-0.2, 0) is 14.3 Å². The van der Waals surface area contributed by atoms with E-state index in [1.165, 1.54) is 0 Å². The summed E-state index contributed by atoms with van der Waals surface area (Å²) in [5.41, 5.74) is 0.992. The van der Waals surface area contributed by atoms with Crippen LogP contribution in [-0.4, -0.2) is 25.2 Å². The van der Waals surface area contributed by atoms with E-state index in [1.54, 1.807) is 13.0 Å².